The van der Waals surface area contributed by atoms with Crippen molar-refractivity contribution in [3.63, 3.8) is 0 Å². The van der Waals surface area contributed by atoms with Crippen molar-refractivity contribution in [3.8, 4) is 0 Å². The van der Waals surface area contributed by atoms with E-state index in [2.05, 4.69) is 19.9 Å². The molecule has 0 bridgehead atoms. The number of nitrogens with zero attached hydrogens (tertiary/aromatic N) is 1. The SMILES string of the molecule is Cc1cc(C)cc(N(C)C(=O)C2(N)C3CCCOC3C2(C)C)c1. The van der Waals surface area contributed by atoms with Gasteiger partial charge in [-0.25, -0.2) is 0 Å². The van der Waals surface area contributed by atoms with Crippen LogP contribution in [0.3, 0.4) is 0 Å². The van der Waals surface area contributed by atoms with Gasteiger partial charge in [0, 0.05) is 30.7 Å². The summed E-state index contributed by atoms with van der Waals surface area (Å²) in [4.78, 5) is 15.0. The van der Waals surface area contributed by atoms with Gasteiger partial charge in [0.25, 0.3) is 0 Å². The van der Waals surface area contributed by atoms with Gasteiger partial charge in [-0.2, -0.15) is 0 Å². The number of hydrogen-bond donors (Lipinski definition) is 1. The topological polar surface area (TPSA) is 55.6 Å². The molecule has 2 fully saturated rings. The zero-order valence-electron chi connectivity index (χ0n) is 14.8. The van der Waals surface area contributed by atoms with Crippen LogP contribution in [0.4, 0.5) is 5.69 Å². The van der Waals surface area contributed by atoms with E-state index in [1.165, 1.54) is 0 Å². The maximum atomic E-state index is 13.3. The highest BCUT2D eigenvalue weighted by molar-refractivity contribution is 6.02. The van der Waals surface area contributed by atoms with E-state index < -0.39 is 5.54 Å². The zero-order valence-corrected chi connectivity index (χ0v) is 14.8. The van der Waals surface area contributed by atoms with Gasteiger partial charge in [-0.1, -0.05) is 19.9 Å². The number of benzene rings is 1. The summed E-state index contributed by atoms with van der Waals surface area (Å²) in [5.74, 6) is 0.117. The Kier molecular flexibility index (Phi) is 3.81. The first-order valence-electron chi connectivity index (χ1n) is 8.46. The number of amides is 1. The van der Waals surface area contributed by atoms with Crippen molar-refractivity contribution < 1.29 is 9.53 Å². The minimum atomic E-state index is -0.857. The second-order valence-corrected chi connectivity index (χ2v) is 7.84. The summed E-state index contributed by atoms with van der Waals surface area (Å²) in [5, 5.41) is 0. The number of ether oxygens (including phenoxy) is 1. The number of rotatable bonds is 2. The highest BCUT2D eigenvalue weighted by Crippen LogP contribution is 2.58. The van der Waals surface area contributed by atoms with Crippen molar-refractivity contribution in [2.45, 2.75) is 52.2 Å². The second-order valence-electron chi connectivity index (χ2n) is 7.84. The Hall–Kier alpha value is -1.39. The lowest BCUT2D eigenvalue weighted by molar-refractivity contribution is -0.223. The van der Waals surface area contributed by atoms with Crippen LogP contribution in [0.2, 0.25) is 0 Å². The molecule has 1 saturated carbocycles. The van der Waals surface area contributed by atoms with E-state index in [4.69, 9.17) is 10.5 Å². The van der Waals surface area contributed by atoms with Crippen LogP contribution in [0, 0.1) is 25.2 Å². The van der Waals surface area contributed by atoms with Gasteiger partial charge in [0.2, 0.25) is 5.91 Å². The van der Waals surface area contributed by atoms with Crippen LogP contribution in [0.25, 0.3) is 0 Å². The molecule has 3 rings (SSSR count). The average molecular weight is 316 g/mol. The molecular weight excluding hydrogens is 288 g/mol. The smallest absolute Gasteiger partial charge is 0.247 e. The molecule has 1 aromatic carbocycles. The quantitative estimate of drug-likeness (QED) is 0.913. The molecule has 2 aliphatic rings. The molecule has 1 saturated heterocycles. The van der Waals surface area contributed by atoms with Gasteiger partial charge in [-0.05, 0) is 49.9 Å². The van der Waals surface area contributed by atoms with Gasteiger partial charge < -0.3 is 15.4 Å². The Morgan fingerprint density at radius 1 is 1.26 bits per heavy atom. The van der Waals surface area contributed by atoms with Crippen LogP contribution in [-0.2, 0) is 9.53 Å². The molecule has 1 aliphatic carbocycles. The molecule has 1 aromatic rings. The van der Waals surface area contributed by atoms with Gasteiger partial charge in [0.15, 0.2) is 0 Å². The summed E-state index contributed by atoms with van der Waals surface area (Å²) < 4.78 is 5.91. The van der Waals surface area contributed by atoms with E-state index in [1.807, 2.05) is 33.0 Å². The van der Waals surface area contributed by atoms with E-state index >= 15 is 0 Å². The lowest BCUT2D eigenvalue weighted by atomic mass is 9.46. The first kappa shape index (κ1) is 16.5. The fourth-order valence-electron chi connectivity index (χ4n) is 4.55. The fourth-order valence-corrected chi connectivity index (χ4v) is 4.55. The third-order valence-corrected chi connectivity index (χ3v) is 5.94. The summed E-state index contributed by atoms with van der Waals surface area (Å²) >= 11 is 0. The predicted molar refractivity (Wildman–Crippen MR) is 92.5 cm³/mol. The molecule has 4 nitrogen and oxygen atoms in total. The van der Waals surface area contributed by atoms with Crippen LogP contribution in [0.5, 0.6) is 0 Å². The summed E-state index contributed by atoms with van der Waals surface area (Å²) in [6.45, 7) is 9.00. The summed E-state index contributed by atoms with van der Waals surface area (Å²) in [6.07, 6.45) is 2.05. The Morgan fingerprint density at radius 2 is 1.87 bits per heavy atom. The van der Waals surface area contributed by atoms with Crippen molar-refractivity contribution in [1.82, 2.24) is 0 Å². The number of fused-ring (bicyclic) bond motifs is 1. The number of carbonyl (C=O) groups excluding carboxylic acids is 1. The molecule has 1 heterocycles. The minimum absolute atomic E-state index is 0.000694. The number of likely N-dealkylation sites (N-methyl/N-ethyl adjacent to an activating group) is 1. The Labute approximate surface area is 139 Å². The maximum Gasteiger partial charge on any atom is 0.247 e. The summed E-state index contributed by atoms with van der Waals surface area (Å²) in [5.41, 5.74) is 8.73. The standard InChI is InChI=1S/C19H28N2O2/c1-12-9-13(2)11-14(10-12)21(5)17(22)19(20)15-7-6-8-23-16(15)18(19,3)4/h9-11,15-16H,6-8,20H2,1-5H3. The number of carbonyl (C=O) groups is 1. The molecule has 1 aliphatic heterocycles. The molecule has 3 unspecified atom stereocenters. The van der Waals surface area contributed by atoms with Crippen molar-refractivity contribution >= 4 is 11.6 Å². The fraction of sp³-hybridized carbons (Fsp3) is 0.632. The molecule has 0 spiro atoms. The molecule has 0 radical (unpaired) electrons. The van der Waals surface area contributed by atoms with Crippen LogP contribution in [0.1, 0.15) is 37.8 Å². The molecular formula is C19H28N2O2. The van der Waals surface area contributed by atoms with Crippen molar-refractivity contribution in [2.75, 3.05) is 18.6 Å². The van der Waals surface area contributed by atoms with Crippen LogP contribution >= 0.6 is 0 Å². The molecule has 2 N–H and O–H groups in total. The van der Waals surface area contributed by atoms with E-state index in [-0.39, 0.29) is 23.3 Å². The first-order valence-corrected chi connectivity index (χ1v) is 8.46. The van der Waals surface area contributed by atoms with Crippen LogP contribution in [-0.4, -0.2) is 31.2 Å². The molecule has 4 heteroatoms. The summed E-state index contributed by atoms with van der Waals surface area (Å²) in [6, 6.07) is 6.18. The number of nitrogens with two attached hydrogens (primary N) is 1. The maximum absolute atomic E-state index is 13.3. The highest BCUT2D eigenvalue weighted by atomic mass is 16.5. The van der Waals surface area contributed by atoms with Crippen molar-refractivity contribution in [3.05, 3.63) is 29.3 Å². The molecule has 0 aromatic heterocycles. The molecule has 3 atom stereocenters. The third-order valence-electron chi connectivity index (χ3n) is 5.94. The molecule has 126 valence electrons. The second kappa shape index (κ2) is 5.32. The normalized spacial score (nSPS) is 31.9. The first-order chi connectivity index (χ1) is 10.7. The summed E-state index contributed by atoms with van der Waals surface area (Å²) in [7, 11) is 1.83. The predicted octanol–water partition coefficient (Wildman–Crippen LogP) is 2.80. The van der Waals surface area contributed by atoms with Crippen molar-refractivity contribution in [1.29, 1.82) is 0 Å². The molecule has 23 heavy (non-hydrogen) atoms. The lowest BCUT2D eigenvalue weighted by Gasteiger charge is -2.65. The number of aryl methyl sites for hydroxylation is 2. The van der Waals surface area contributed by atoms with E-state index in [9.17, 15) is 4.79 Å². The Balaban J connectivity index is 1.92. The lowest BCUT2D eigenvalue weighted by Crippen LogP contribution is -2.82. The van der Waals surface area contributed by atoms with Crippen molar-refractivity contribution in [2.24, 2.45) is 17.1 Å². The third kappa shape index (κ3) is 2.23. The van der Waals surface area contributed by atoms with E-state index in [0.717, 1.165) is 36.3 Å². The number of hydrogen-bond acceptors (Lipinski definition) is 3. The van der Waals surface area contributed by atoms with Gasteiger partial charge >= 0.3 is 0 Å². The minimum Gasteiger partial charge on any atom is -0.377 e. The zero-order chi connectivity index (χ0) is 17.0. The Morgan fingerprint density at radius 3 is 2.48 bits per heavy atom. The molecule has 1 amide bonds. The average Bonchev–Trinajstić information content (AvgIpc) is 2.51. The Bertz CT molecular complexity index is 620. The monoisotopic (exact) mass is 316 g/mol. The largest absolute Gasteiger partial charge is 0.377 e. The van der Waals surface area contributed by atoms with E-state index in [1.54, 1.807) is 4.90 Å². The van der Waals surface area contributed by atoms with Gasteiger partial charge in [-0.15, -0.1) is 0 Å². The van der Waals surface area contributed by atoms with Gasteiger partial charge in [0.1, 0.15) is 5.54 Å². The number of anilines is 1. The van der Waals surface area contributed by atoms with Crippen LogP contribution in [0.15, 0.2) is 18.2 Å². The van der Waals surface area contributed by atoms with Gasteiger partial charge in [-0.3, -0.25) is 4.79 Å². The van der Waals surface area contributed by atoms with Gasteiger partial charge in [0.05, 0.1) is 6.10 Å². The van der Waals surface area contributed by atoms with Crippen LogP contribution < -0.4 is 10.6 Å². The van der Waals surface area contributed by atoms with E-state index in [0.29, 0.717) is 0 Å². The highest BCUT2D eigenvalue weighted by Gasteiger charge is 2.70.